The average Bonchev–Trinajstić information content (AvgIpc) is 2.97. The number of hydrogen-bond acceptors (Lipinski definition) is 4. The molecule has 1 aliphatic heterocycles. The minimum absolute atomic E-state index is 0. The minimum atomic E-state index is -3.72. The summed E-state index contributed by atoms with van der Waals surface area (Å²) in [4.78, 5) is 12.8. The van der Waals surface area contributed by atoms with Crippen molar-refractivity contribution in [3.05, 3.63) is 29.8 Å². The van der Waals surface area contributed by atoms with E-state index in [0.717, 1.165) is 37.9 Å². The predicted octanol–water partition coefficient (Wildman–Crippen LogP) is 1.15. The SMILES string of the molecule is Cl.NS(=O)(=O)c1cccc(CNC(=O)[C@@]23CCCC[C@H]2CNC3)c1. The van der Waals surface area contributed by atoms with Gasteiger partial charge in [-0.2, -0.15) is 0 Å². The van der Waals surface area contributed by atoms with Gasteiger partial charge in [-0.1, -0.05) is 25.0 Å². The van der Waals surface area contributed by atoms with E-state index in [4.69, 9.17) is 5.14 Å². The minimum Gasteiger partial charge on any atom is -0.351 e. The molecule has 1 saturated heterocycles. The van der Waals surface area contributed by atoms with Gasteiger partial charge in [-0.05, 0) is 43.0 Å². The molecule has 2 fully saturated rings. The van der Waals surface area contributed by atoms with Crippen LogP contribution in [-0.4, -0.2) is 27.4 Å². The Balaban J connectivity index is 0.00000208. The van der Waals surface area contributed by atoms with Crippen LogP contribution in [0.25, 0.3) is 0 Å². The molecule has 1 heterocycles. The summed E-state index contributed by atoms with van der Waals surface area (Å²) in [5.41, 5.74) is 0.440. The van der Waals surface area contributed by atoms with Crippen LogP contribution in [0.5, 0.6) is 0 Å². The maximum atomic E-state index is 12.8. The molecule has 1 amide bonds. The van der Waals surface area contributed by atoms with Crippen molar-refractivity contribution in [2.45, 2.75) is 37.1 Å². The number of nitrogens with one attached hydrogen (secondary N) is 2. The molecule has 134 valence electrons. The second-order valence-electron chi connectivity index (χ2n) is 6.60. The number of primary sulfonamides is 1. The first-order valence-corrected chi connectivity index (χ1v) is 9.57. The summed E-state index contributed by atoms with van der Waals surface area (Å²) in [5, 5.41) is 11.5. The van der Waals surface area contributed by atoms with Crippen LogP contribution in [0.4, 0.5) is 0 Å². The molecule has 0 aromatic heterocycles. The fourth-order valence-electron chi connectivity index (χ4n) is 3.88. The summed E-state index contributed by atoms with van der Waals surface area (Å²) in [6.07, 6.45) is 4.30. The fraction of sp³-hybridized carbons (Fsp3) is 0.562. The summed E-state index contributed by atoms with van der Waals surface area (Å²) in [6, 6.07) is 6.40. The summed E-state index contributed by atoms with van der Waals surface area (Å²) < 4.78 is 22.8. The Kier molecular flexibility index (Phi) is 5.91. The van der Waals surface area contributed by atoms with E-state index >= 15 is 0 Å². The van der Waals surface area contributed by atoms with Crippen LogP contribution in [0.2, 0.25) is 0 Å². The van der Waals surface area contributed by atoms with Gasteiger partial charge in [0.05, 0.1) is 10.3 Å². The molecule has 2 atom stereocenters. The van der Waals surface area contributed by atoms with E-state index in [9.17, 15) is 13.2 Å². The fourth-order valence-corrected chi connectivity index (χ4v) is 4.47. The van der Waals surface area contributed by atoms with Gasteiger partial charge in [-0.3, -0.25) is 4.79 Å². The van der Waals surface area contributed by atoms with Crippen molar-refractivity contribution in [3.63, 3.8) is 0 Å². The van der Waals surface area contributed by atoms with Gasteiger partial charge in [0.2, 0.25) is 15.9 Å². The molecule has 1 aliphatic carbocycles. The lowest BCUT2D eigenvalue weighted by Gasteiger charge is -2.37. The molecule has 3 rings (SSSR count). The lowest BCUT2D eigenvalue weighted by molar-refractivity contribution is -0.134. The van der Waals surface area contributed by atoms with Gasteiger partial charge in [-0.15, -0.1) is 12.4 Å². The smallest absolute Gasteiger partial charge is 0.238 e. The Bertz CT molecular complexity index is 710. The van der Waals surface area contributed by atoms with E-state index in [1.807, 2.05) is 0 Å². The van der Waals surface area contributed by atoms with E-state index < -0.39 is 10.0 Å². The van der Waals surface area contributed by atoms with Crippen molar-refractivity contribution >= 4 is 28.3 Å². The second-order valence-corrected chi connectivity index (χ2v) is 8.17. The zero-order chi connectivity index (χ0) is 16.5. The maximum absolute atomic E-state index is 12.8. The van der Waals surface area contributed by atoms with Gasteiger partial charge >= 0.3 is 0 Å². The lowest BCUT2D eigenvalue weighted by Crippen LogP contribution is -2.47. The van der Waals surface area contributed by atoms with Gasteiger partial charge in [0.1, 0.15) is 0 Å². The molecular formula is C16H24ClN3O3S. The molecular weight excluding hydrogens is 350 g/mol. The number of sulfonamides is 1. The summed E-state index contributed by atoms with van der Waals surface area (Å²) in [6.45, 7) is 1.96. The molecule has 0 unspecified atom stereocenters. The average molecular weight is 374 g/mol. The molecule has 6 nitrogen and oxygen atoms in total. The number of rotatable bonds is 4. The third-order valence-corrected chi connectivity index (χ3v) is 6.08. The number of carbonyl (C=O) groups excluding carboxylic acids is 1. The zero-order valence-corrected chi connectivity index (χ0v) is 15.1. The van der Waals surface area contributed by atoms with Crippen LogP contribution in [0.3, 0.4) is 0 Å². The molecule has 2 aliphatic rings. The number of benzene rings is 1. The number of amides is 1. The van der Waals surface area contributed by atoms with Crippen molar-refractivity contribution in [1.29, 1.82) is 0 Å². The van der Waals surface area contributed by atoms with Crippen molar-refractivity contribution in [3.8, 4) is 0 Å². The van der Waals surface area contributed by atoms with E-state index in [1.165, 1.54) is 18.6 Å². The highest BCUT2D eigenvalue weighted by Gasteiger charge is 2.49. The standard InChI is InChI=1S/C16H23N3O3S.ClH/c17-23(21,22)14-6-3-4-12(8-14)9-19-15(20)16-7-2-1-5-13(16)10-18-11-16;/h3-4,6,8,13,18H,1-2,5,7,9-11H2,(H,19,20)(H2,17,21,22);1H/t13-,16+;/m0./s1. The zero-order valence-electron chi connectivity index (χ0n) is 13.5. The maximum Gasteiger partial charge on any atom is 0.238 e. The summed E-state index contributed by atoms with van der Waals surface area (Å²) in [5.74, 6) is 0.486. The number of nitrogens with two attached hydrogens (primary N) is 1. The van der Waals surface area contributed by atoms with Crippen molar-refractivity contribution in [2.24, 2.45) is 16.5 Å². The molecule has 8 heteroatoms. The Hall–Kier alpha value is -1.15. The highest BCUT2D eigenvalue weighted by molar-refractivity contribution is 7.89. The Morgan fingerprint density at radius 3 is 2.92 bits per heavy atom. The van der Waals surface area contributed by atoms with Gasteiger partial charge in [-0.25, -0.2) is 13.6 Å². The molecule has 0 bridgehead atoms. The van der Waals surface area contributed by atoms with Crippen molar-refractivity contribution in [1.82, 2.24) is 10.6 Å². The third-order valence-electron chi connectivity index (χ3n) is 5.17. The Labute approximate surface area is 149 Å². The van der Waals surface area contributed by atoms with E-state index in [1.54, 1.807) is 12.1 Å². The van der Waals surface area contributed by atoms with Crippen LogP contribution < -0.4 is 15.8 Å². The van der Waals surface area contributed by atoms with Crippen LogP contribution in [0.1, 0.15) is 31.2 Å². The largest absolute Gasteiger partial charge is 0.351 e. The first-order valence-electron chi connectivity index (χ1n) is 8.03. The third kappa shape index (κ3) is 3.74. The Morgan fingerprint density at radius 2 is 2.17 bits per heavy atom. The molecule has 1 aromatic rings. The topological polar surface area (TPSA) is 101 Å². The highest BCUT2D eigenvalue weighted by atomic mass is 35.5. The van der Waals surface area contributed by atoms with E-state index in [0.29, 0.717) is 12.5 Å². The van der Waals surface area contributed by atoms with Gasteiger partial charge in [0.15, 0.2) is 0 Å². The monoisotopic (exact) mass is 373 g/mol. The molecule has 24 heavy (non-hydrogen) atoms. The summed E-state index contributed by atoms with van der Waals surface area (Å²) in [7, 11) is -3.72. The first-order chi connectivity index (χ1) is 10.9. The summed E-state index contributed by atoms with van der Waals surface area (Å²) >= 11 is 0. The van der Waals surface area contributed by atoms with Crippen LogP contribution >= 0.6 is 12.4 Å². The molecule has 1 aromatic carbocycles. The van der Waals surface area contributed by atoms with Gasteiger partial charge < -0.3 is 10.6 Å². The Morgan fingerprint density at radius 1 is 1.38 bits per heavy atom. The first kappa shape index (κ1) is 19.2. The van der Waals surface area contributed by atoms with Gasteiger partial charge in [0, 0.05) is 13.1 Å². The van der Waals surface area contributed by atoms with E-state index in [2.05, 4.69) is 10.6 Å². The van der Waals surface area contributed by atoms with Crippen molar-refractivity contribution < 1.29 is 13.2 Å². The van der Waals surface area contributed by atoms with Crippen molar-refractivity contribution in [2.75, 3.05) is 13.1 Å². The second kappa shape index (κ2) is 7.39. The molecule has 0 radical (unpaired) electrons. The highest BCUT2D eigenvalue weighted by Crippen LogP contribution is 2.43. The lowest BCUT2D eigenvalue weighted by atomic mass is 9.67. The number of halogens is 1. The normalized spacial score (nSPS) is 26.3. The number of carbonyl (C=O) groups is 1. The van der Waals surface area contributed by atoms with Crippen LogP contribution in [0, 0.1) is 11.3 Å². The van der Waals surface area contributed by atoms with E-state index in [-0.39, 0.29) is 28.6 Å². The number of hydrogen-bond donors (Lipinski definition) is 3. The quantitative estimate of drug-likeness (QED) is 0.736. The van der Waals surface area contributed by atoms with Crippen LogP contribution in [0.15, 0.2) is 29.2 Å². The molecule has 1 saturated carbocycles. The molecule has 0 spiro atoms. The van der Waals surface area contributed by atoms with Gasteiger partial charge in [0.25, 0.3) is 0 Å². The predicted molar refractivity (Wildman–Crippen MR) is 94.2 cm³/mol. The van der Waals surface area contributed by atoms with Crippen LogP contribution in [-0.2, 0) is 21.4 Å². The molecule has 4 N–H and O–H groups in total. The number of fused-ring (bicyclic) bond motifs is 1.